The molecule has 0 aromatic rings. The van der Waals surface area contributed by atoms with E-state index in [-0.39, 0.29) is 18.6 Å². The Bertz CT molecular complexity index is 165. The fourth-order valence-corrected chi connectivity index (χ4v) is 0.788. The molecule has 0 aliphatic heterocycles. The number of nitrogens with two attached hydrogens (primary N) is 1. The van der Waals surface area contributed by atoms with Crippen LogP contribution in [0.3, 0.4) is 0 Å². The van der Waals surface area contributed by atoms with Gasteiger partial charge in [0.15, 0.2) is 0 Å². The molecule has 0 bridgehead atoms. The zero-order valence-electron chi connectivity index (χ0n) is 8.63. The van der Waals surface area contributed by atoms with E-state index in [0.29, 0.717) is 12.8 Å². The first-order valence-electron chi connectivity index (χ1n) is 4.68. The average Bonchev–Trinajstić information content (AvgIpc) is 2.13. The number of carbonyl (C=O) groups is 1. The molecule has 2 atom stereocenters. The van der Waals surface area contributed by atoms with Gasteiger partial charge in [-0.1, -0.05) is 13.8 Å². The summed E-state index contributed by atoms with van der Waals surface area (Å²) in [5.74, 6) is -0.198. The van der Waals surface area contributed by atoms with Crippen molar-refractivity contribution in [3.63, 3.8) is 0 Å². The third-order valence-electron chi connectivity index (χ3n) is 2.30. The van der Waals surface area contributed by atoms with Crippen molar-refractivity contribution in [2.75, 3.05) is 6.61 Å². The average molecular weight is 188 g/mol. The molecule has 4 nitrogen and oxygen atoms in total. The Morgan fingerprint density at radius 2 is 2.15 bits per heavy atom. The molecule has 0 aliphatic carbocycles. The van der Waals surface area contributed by atoms with Crippen LogP contribution in [0.4, 0.5) is 0 Å². The molecule has 0 aromatic heterocycles. The lowest BCUT2D eigenvalue weighted by Gasteiger charge is -2.24. The molecule has 1 amide bonds. The first-order chi connectivity index (χ1) is 5.97. The van der Waals surface area contributed by atoms with E-state index in [1.165, 1.54) is 0 Å². The lowest BCUT2D eigenvalue weighted by molar-refractivity contribution is -0.127. The molecule has 0 radical (unpaired) electrons. The van der Waals surface area contributed by atoms with Crippen molar-refractivity contribution in [3.8, 4) is 0 Å². The molecule has 0 fully saturated rings. The highest BCUT2D eigenvalue weighted by molar-refractivity contribution is 5.85. The van der Waals surface area contributed by atoms with Gasteiger partial charge in [0, 0.05) is 0 Å². The molecule has 0 aliphatic rings. The molecular formula is C9H20N2O2. The highest BCUT2D eigenvalue weighted by Crippen LogP contribution is 2.05. The van der Waals surface area contributed by atoms with Gasteiger partial charge in [0.05, 0.1) is 18.2 Å². The summed E-state index contributed by atoms with van der Waals surface area (Å²) in [4.78, 5) is 11.5. The van der Waals surface area contributed by atoms with Gasteiger partial charge >= 0.3 is 0 Å². The van der Waals surface area contributed by atoms with Crippen LogP contribution >= 0.6 is 0 Å². The maximum absolute atomic E-state index is 11.5. The van der Waals surface area contributed by atoms with Crippen molar-refractivity contribution in [2.45, 2.75) is 45.2 Å². The van der Waals surface area contributed by atoms with Gasteiger partial charge in [0.25, 0.3) is 0 Å². The molecule has 78 valence electrons. The summed E-state index contributed by atoms with van der Waals surface area (Å²) in [6.07, 6.45) is 1.29. The molecular weight excluding hydrogens is 168 g/mol. The molecule has 13 heavy (non-hydrogen) atoms. The summed E-state index contributed by atoms with van der Waals surface area (Å²) in [5, 5.41) is 11.6. The summed E-state index contributed by atoms with van der Waals surface area (Å²) in [5.41, 5.74) is 4.89. The molecule has 4 N–H and O–H groups in total. The minimum Gasteiger partial charge on any atom is -0.394 e. The zero-order chi connectivity index (χ0) is 10.5. The van der Waals surface area contributed by atoms with Crippen molar-refractivity contribution in [1.82, 2.24) is 5.32 Å². The highest BCUT2D eigenvalue weighted by atomic mass is 16.3. The SMILES string of the molecule is CC[C@H](CO)NC(=O)C(C)(N)CC. The summed E-state index contributed by atoms with van der Waals surface area (Å²) in [7, 11) is 0. The Kier molecular flexibility index (Phi) is 4.95. The highest BCUT2D eigenvalue weighted by Gasteiger charge is 2.27. The number of amides is 1. The number of rotatable bonds is 5. The molecule has 0 saturated carbocycles. The van der Waals surface area contributed by atoms with Gasteiger partial charge in [-0.2, -0.15) is 0 Å². The first-order valence-corrected chi connectivity index (χ1v) is 4.68. The van der Waals surface area contributed by atoms with E-state index >= 15 is 0 Å². The van der Waals surface area contributed by atoms with Crippen LogP contribution in [0.2, 0.25) is 0 Å². The fraction of sp³-hybridized carbons (Fsp3) is 0.889. The molecule has 0 saturated heterocycles. The molecule has 0 heterocycles. The Labute approximate surface area is 79.5 Å². The monoisotopic (exact) mass is 188 g/mol. The summed E-state index contributed by atoms with van der Waals surface area (Å²) < 4.78 is 0. The van der Waals surface area contributed by atoms with E-state index < -0.39 is 5.54 Å². The number of nitrogens with one attached hydrogen (secondary N) is 1. The summed E-state index contributed by atoms with van der Waals surface area (Å²) >= 11 is 0. The molecule has 0 spiro atoms. The third kappa shape index (κ3) is 3.74. The predicted molar refractivity (Wildman–Crippen MR) is 52.2 cm³/mol. The van der Waals surface area contributed by atoms with Crippen molar-refractivity contribution in [3.05, 3.63) is 0 Å². The predicted octanol–water partition coefficient (Wildman–Crippen LogP) is 0.000900. The Balaban J connectivity index is 4.13. The van der Waals surface area contributed by atoms with Gasteiger partial charge in [-0.3, -0.25) is 4.79 Å². The molecule has 4 heteroatoms. The van der Waals surface area contributed by atoms with Crippen LogP contribution in [0, 0.1) is 0 Å². The van der Waals surface area contributed by atoms with Gasteiger partial charge in [-0.05, 0) is 19.8 Å². The molecule has 0 aromatic carbocycles. The Hall–Kier alpha value is -0.610. The van der Waals surface area contributed by atoms with Crippen LogP contribution in [0.15, 0.2) is 0 Å². The maximum atomic E-state index is 11.5. The van der Waals surface area contributed by atoms with Crippen molar-refractivity contribution >= 4 is 5.91 Å². The standard InChI is InChI=1S/C9H20N2O2/c1-4-7(6-12)11-8(13)9(3,10)5-2/h7,12H,4-6,10H2,1-3H3,(H,11,13)/t7-,9?/m1/s1. The van der Waals surface area contributed by atoms with Crippen LogP contribution < -0.4 is 11.1 Å². The number of hydrogen-bond acceptors (Lipinski definition) is 3. The second-order valence-electron chi connectivity index (χ2n) is 3.53. The number of aliphatic hydroxyl groups is 1. The van der Waals surface area contributed by atoms with Crippen molar-refractivity contribution in [1.29, 1.82) is 0 Å². The summed E-state index contributed by atoms with van der Waals surface area (Å²) in [6, 6.07) is -0.179. The van der Waals surface area contributed by atoms with E-state index in [4.69, 9.17) is 10.8 Å². The Morgan fingerprint density at radius 1 is 1.62 bits per heavy atom. The van der Waals surface area contributed by atoms with Gasteiger partial charge in [-0.15, -0.1) is 0 Å². The number of aliphatic hydroxyl groups excluding tert-OH is 1. The van der Waals surface area contributed by atoms with Gasteiger partial charge in [0.1, 0.15) is 0 Å². The summed E-state index contributed by atoms with van der Waals surface area (Å²) in [6.45, 7) is 5.41. The topological polar surface area (TPSA) is 75.3 Å². The largest absolute Gasteiger partial charge is 0.394 e. The van der Waals surface area contributed by atoms with Crippen LogP contribution in [0.1, 0.15) is 33.6 Å². The maximum Gasteiger partial charge on any atom is 0.240 e. The minimum absolute atomic E-state index is 0.0396. The van der Waals surface area contributed by atoms with E-state index in [9.17, 15) is 4.79 Å². The first kappa shape index (κ1) is 12.4. The zero-order valence-corrected chi connectivity index (χ0v) is 8.63. The lowest BCUT2D eigenvalue weighted by Crippen LogP contribution is -2.54. The second kappa shape index (κ2) is 5.19. The quantitative estimate of drug-likeness (QED) is 0.568. The van der Waals surface area contributed by atoms with Crippen LogP contribution in [-0.2, 0) is 4.79 Å². The van der Waals surface area contributed by atoms with E-state index in [1.54, 1.807) is 6.92 Å². The van der Waals surface area contributed by atoms with Crippen LogP contribution in [0.25, 0.3) is 0 Å². The Morgan fingerprint density at radius 3 is 2.46 bits per heavy atom. The van der Waals surface area contributed by atoms with Crippen LogP contribution in [0.5, 0.6) is 0 Å². The van der Waals surface area contributed by atoms with Gasteiger partial charge in [-0.25, -0.2) is 0 Å². The van der Waals surface area contributed by atoms with Gasteiger partial charge < -0.3 is 16.2 Å². The smallest absolute Gasteiger partial charge is 0.240 e. The fourth-order valence-electron chi connectivity index (χ4n) is 0.788. The molecule has 1 unspecified atom stereocenters. The van der Waals surface area contributed by atoms with Crippen molar-refractivity contribution < 1.29 is 9.90 Å². The second-order valence-corrected chi connectivity index (χ2v) is 3.53. The third-order valence-corrected chi connectivity index (χ3v) is 2.30. The van der Waals surface area contributed by atoms with Gasteiger partial charge in [0.2, 0.25) is 5.91 Å². The number of hydrogen-bond donors (Lipinski definition) is 3. The number of carbonyl (C=O) groups excluding carboxylic acids is 1. The van der Waals surface area contributed by atoms with Crippen molar-refractivity contribution in [2.24, 2.45) is 5.73 Å². The normalized spacial score (nSPS) is 17.6. The van der Waals surface area contributed by atoms with Crippen LogP contribution in [-0.4, -0.2) is 29.2 Å². The lowest BCUT2D eigenvalue weighted by atomic mass is 9.99. The molecule has 0 rings (SSSR count). The van der Waals surface area contributed by atoms with E-state index in [1.807, 2.05) is 13.8 Å². The van der Waals surface area contributed by atoms with E-state index in [2.05, 4.69) is 5.32 Å². The minimum atomic E-state index is -0.831. The van der Waals surface area contributed by atoms with E-state index in [0.717, 1.165) is 0 Å².